The number of rotatable bonds is 5. The van der Waals surface area contributed by atoms with Crippen LogP contribution in [0.15, 0.2) is 94.3 Å². The van der Waals surface area contributed by atoms with E-state index in [0.717, 1.165) is 15.8 Å². The number of piperazine rings is 1. The summed E-state index contributed by atoms with van der Waals surface area (Å²) in [4.78, 5) is 41.7. The number of benzene rings is 3. The lowest BCUT2D eigenvalue weighted by atomic mass is 10.0. The predicted molar refractivity (Wildman–Crippen MR) is 151 cm³/mol. The smallest absolute Gasteiger partial charge is 0.295 e. The Hall–Kier alpha value is -5.25. The molecule has 3 aromatic carbocycles. The van der Waals surface area contributed by atoms with Gasteiger partial charge in [-0.15, -0.1) is 0 Å². The molecule has 6 rings (SSSR count). The molecule has 3 heterocycles. The third-order valence-corrected chi connectivity index (χ3v) is 7.18. The van der Waals surface area contributed by atoms with E-state index in [9.17, 15) is 19.7 Å². The largest absolute Gasteiger partial charge is 0.459 e. The lowest BCUT2D eigenvalue weighted by Gasteiger charge is -2.35. The number of hydrogen-bond donors (Lipinski definition) is 0. The highest BCUT2D eigenvalue weighted by molar-refractivity contribution is 5.94. The average molecular weight is 536 g/mol. The minimum atomic E-state index is -0.506. The van der Waals surface area contributed by atoms with Crippen LogP contribution in [0.3, 0.4) is 0 Å². The van der Waals surface area contributed by atoms with Gasteiger partial charge in [0.25, 0.3) is 17.2 Å². The van der Waals surface area contributed by atoms with E-state index in [-0.39, 0.29) is 23.0 Å². The summed E-state index contributed by atoms with van der Waals surface area (Å²) in [5, 5.41) is 17.8. The molecule has 0 bridgehead atoms. The van der Waals surface area contributed by atoms with Gasteiger partial charge in [-0.05, 0) is 37.3 Å². The lowest BCUT2D eigenvalue weighted by Crippen LogP contribution is -2.48. The normalized spacial score (nSPS) is 13.5. The average Bonchev–Trinajstić information content (AvgIpc) is 3.53. The van der Waals surface area contributed by atoms with Crippen molar-refractivity contribution in [3.8, 4) is 16.9 Å². The van der Waals surface area contributed by atoms with Crippen LogP contribution in [0.25, 0.3) is 27.7 Å². The maximum Gasteiger partial charge on any atom is 0.295 e. The molecule has 1 fully saturated rings. The highest BCUT2D eigenvalue weighted by atomic mass is 16.6. The number of nitrogens with zero attached hydrogens (tertiary/aromatic N) is 5. The van der Waals surface area contributed by atoms with Gasteiger partial charge >= 0.3 is 0 Å². The topological polar surface area (TPSA) is 115 Å². The van der Waals surface area contributed by atoms with Crippen molar-refractivity contribution >= 4 is 28.1 Å². The fourth-order valence-electron chi connectivity index (χ4n) is 5.03. The van der Waals surface area contributed by atoms with Gasteiger partial charge in [-0.2, -0.15) is 9.78 Å². The molecular weight excluding hydrogens is 510 g/mol. The standard InChI is InChI=1S/C30H25N5O5/c1-20-8-10-21(11-9-20)28-23-5-2-3-6-24(23)29(36)34(31-28)26-19-22(12-13-25(26)35(38)39)32-14-16-33(17-15-32)30(37)27-7-4-18-40-27/h2-13,18-19H,14-17H2,1H3. The Kier molecular flexibility index (Phi) is 6.35. The molecule has 1 saturated heterocycles. The van der Waals surface area contributed by atoms with Gasteiger partial charge in [0, 0.05) is 48.9 Å². The summed E-state index contributed by atoms with van der Waals surface area (Å²) in [6.07, 6.45) is 1.47. The first-order valence-electron chi connectivity index (χ1n) is 12.9. The van der Waals surface area contributed by atoms with E-state index in [0.29, 0.717) is 48.3 Å². The first kappa shape index (κ1) is 25.1. The molecule has 10 nitrogen and oxygen atoms in total. The van der Waals surface area contributed by atoms with Crippen LogP contribution < -0.4 is 10.5 Å². The minimum absolute atomic E-state index is 0.0840. The molecule has 0 atom stereocenters. The van der Waals surface area contributed by atoms with Crippen molar-refractivity contribution in [3.63, 3.8) is 0 Å². The molecule has 200 valence electrons. The number of amides is 1. The molecule has 10 heteroatoms. The van der Waals surface area contributed by atoms with Crippen molar-refractivity contribution in [2.45, 2.75) is 6.92 Å². The van der Waals surface area contributed by atoms with Crippen molar-refractivity contribution in [2.75, 3.05) is 31.1 Å². The third kappa shape index (κ3) is 4.49. The van der Waals surface area contributed by atoms with Crippen LogP contribution in [0.4, 0.5) is 11.4 Å². The van der Waals surface area contributed by atoms with Crippen molar-refractivity contribution in [2.24, 2.45) is 0 Å². The second kappa shape index (κ2) is 10.1. The van der Waals surface area contributed by atoms with E-state index in [1.165, 1.54) is 12.3 Å². The van der Waals surface area contributed by atoms with Crippen LogP contribution in [0.2, 0.25) is 0 Å². The molecule has 0 N–H and O–H groups in total. The van der Waals surface area contributed by atoms with E-state index in [1.807, 2.05) is 48.2 Å². The molecule has 0 aliphatic carbocycles. The predicted octanol–water partition coefficient (Wildman–Crippen LogP) is 4.82. The van der Waals surface area contributed by atoms with Gasteiger partial charge < -0.3 is 14.2 Å². The zero-order chi connectivity index (χ0) is 27.8. The molecule has 2 aromatic heterocycles. The van der Waals surface area contributed by atoms with Gasteiger partial charge in [0.1, 0.15) is 5.69 Å². The Morgan fingerprint density at radius 3 is 2.33 bits per heavy atom. The number of nitro benzene ring substituents is 1. The van der Waals surface area contributed by atoms with Crippen LogP contribution in [0, 0.1) is 17.0 Å². The maximum atomic E-state index is 13.7. The zero-order valence-electron chi connectivity index (χ0n) is 21.7. The Morgan fingerprint density at radius 2 is 1.65 bits per heavy atom. The summed E-state index contributed by atoms with van der Waals surface area (Å²) in [6, 6.07) is 22.9. The molecular formula is C30H25N5O5. The number of furan rings is 1. The van der Waals surface area contributed by atoms with E-state index in [1.54, 1.807) is 41.3 Å². The molecule has 1 amide bonds. The summed E-state index contributed by atoms with van der Waals surface area (Å²) in [7, 11) is 0. The third-order valence-electron chi connectivity index (χ3n) is 7.18. The first-order chi connectivity index (χ1) is 19.4. The highest BCUT2D eigenvalue weighted by Crippen LogP contribution is 2.31. The lowest BCUT2D eigenvalue weighted by molar-refractivity contribution is -0.384. The molecule has 5 aromatic rings. The molecule has 0 saturated carbocycles. The van der Waals surface area contributed by atoms with E-state index in [4.69, 9.17) is 4.42 Å². The van der Waals surface area contributed by atoms with Gasteiger partial charge in [-0.1, -0.05) is 48.0 Å². The molecule has 1 aliphatic heterocycles. The van der Waals surface area contributed by atoms with Gasteiger partial charge in [0.2, 0.25) is 0 Å². The summed E-state index contributed by atoms with van der Waals surface area (Å²) in [5.41, 5.74) is 2.54. The minimum Gasteiger partial charge on any atom is -0.459 e. The second-order valence-corrected chi connectivity index (χ2v) is 9.66. The SMILES string of the molecule is Cc1ccc(-c2nn(-c3cc(N4CCN(C(=O)c5ccco5)CC4)ccc3[N+](=O)[O-])c(=O)c3ccccc23)cc1. The van der Waals surface area contributed by atoms with E-state index in [2.05, 4.69) is 5.10 Å². The van der Waals surface area contributed by atoms with Crippen LogP contribution in [-0.4, -0.2) is 51.7 Å². The molecule has 0 radical (unpaired) electrons. The Morgan fingerprint density at radius 1 is 0.925 bits per heavy atom. The molecule has 0 unspecified atom stereocenters. The van der Waals surface area contributed by atoms with Crippen LogP contribution in [0.5, 0.6) is 0 Å². The number of hydrogen-bond acceptors (Lipinski definition) is 7. The maximum absolute atomic E-state index is 13.7. The number of carbonyl (C=O) groups is 1. The molecule has 0 spiro atoms. The van der Waals surface area contributed by atoms with Gasteiger partial charge in [-0.25, -0.2) is 0 Å². The van der Waals surface area contributed by atoms with Crippen LogP contribution >= 0.6 is 0 Å². The summed E-state index contributed by atoms with van der Waals surface area (Å²) < 4.78 is 6.38. The number of carbonyl (C=O) groups excluding carboxylic acids is 1. The summed E-state index contributed by atoms with van der Waals surface area (Å²) >= 11 is 0. The summed E-state index contributed by atoms with van der Waals surface area (Å²) in [6.45, 7) is 3.92. The van der Waals surface area contributed by atoms with Crippen molar-refractivity contribution in [3.05, 3.63) is 117 Å². The fraction of sp³-hybridized carbons (Fsp3) is 0.167. The number of fused-ring (bicyclic) bond motifs is 1. The Balaban J connectivity index is 1.41. The first-order valence-corrected chi connectivity index (χ1v) is 12.9. The monoisotopic (exact) mass is 535 g/mol. The quantitative estimate of drug-likeness (QED) is 0.234. The molecule has 1 aliphatic rings. The number of anilines is 1. The number of nitro groups is 1. The van der Waals surface area contributed by atoms with E-state index >= 15 is 0 Å². The zero-order valence-corrected chi connectivity index (χ0v) is 21.7. The van der Waals surface area contributed by atoms with Crippen molar-refractivity contribution in [1.29, 1.82) is 0 Å². The van der Waals surface area contributed by atoms with Crippen molar-refractivity contribution < 1.29 is 14.1 Å². The Labute approximate surface area is 228 Å². The Bertz CT molecular complexity index is 1790. The fourth-order valence-corrected chi connectivity index (χ4v) is 5.03. The molecule has 40 heavy (non-hydrogen) atoms. The van der Waals surface area contributed by atoms with Gasteiger partial charge in [0.15, 0.2) is 5.76 Å². The second-order valence-electron chi connectivity index (χ2n) is 9.66. The van der Waals surface area contributed by atoms with Crippen molar-refractivity contribution in [1.82, 2.24) is 14.7 Å². The van der Waals surface area contributed by atoms with Gasteiger partial charge in [0.05, 0.1) is 22.3 Å². The summed E-state index contributed by atoms with van der Waals surface area (Å²) in [5.74, 6) is 0.113. The van der Waals surface area contributed by atoms with E-state index < -0.39 is 10.5 Å². The van der Waals surface area contributed by atoms with Crippen LogP contribution in [0.1, 0.15) is 16.1 Å². The van der Waals surface area contributed by atoms with Gasteiger partial charge in [-0.3, -0.25) is 19.7 Å². The van der Waals surface area contributed by atoms with Crippen LogP contribution in [-0.2, 0) is 0 Å². The highest BCUT2D eigenvalue weighted by Gasteiger charge is 2.26. The number of aryl methyl sites for hydroxylation is 1. The number of aromatic nitrogens is 2.